The van der Waals surface area contributed by atoms with Gasteiger partial charge in [0.25, 0.3) is 0 Å². The zero-order valence-electron chi connectivity index (χ0n) is 17.0. The minimum Gasteiger partial charge on any atom is -0.472 e. The van der Waals surface area contributed by atoms with Crippen molar-refractivity contribution in [2.24, 2.45) is 5.92 Å². The number of pyridine rings is 1. The fraction of sp³-hybridized carbons (Fsp3) is 0.700. The Morgan fingerprint density at radius 3 is 2.52 bits per heavy atom. The fourth-order valence-electron chi connectivity index (χ4n) is 4.16. The van der Waals surface area contributed by atoms with Crippen molar-refractivity contribution in [1.82, 2.24) is 9.88 Å². The number of carbonyl (C=O) groups is 1. The molecule has 1 aliphatic carbocycles. The van der Waals surface area contributed by atoms with Gasteiger partial charge < -0.3 is 14.2 Å². The molecular formula is C20H27F3N2O4. The number of carbonyl (C=O) groups excluding carboxylic acids is 1. The molecule has 4 atom stereocenters. The summed E-state index contributed by atoms with van der Waals surface area (Å²) < 4.78 is 55.1. The summed E-state index contributed by atoms with van der Waals surface area (Å²) in [5.74, 6) is 0.273. The van der Waals surface area contributed by atoms with Crippen LogP contribution < -0.4 is 4.74 Å². The molecule has 29 heavy (non-hydrogen) atoms. The van der Waals surface area contributed by atoms with Crippen LogP contribution in [0, 0.1) is 5.92 Å². The van der Waals surface area contributed by atoms with E-state index in [0.29, 0.717) is 13.0 Å². The van der Waals surface area contributed by atoms with Gasteiger partial charge in [0.2, 0.25) is 5.88 Å². The second-order valence-corrected chi connectivity index (χ2v) is 8.59. The molecule has 0 spiro atoms. The Morgan fingerprint density at radius 1 is 1.24 bits per heavy atom. The fourth-order valence-corrected chi connectivity index (χ4v) is 4.16. The highest BCUT2D eigenvalue weighted by atomic mass is 19.4. The normalized spacial score (nSPS) is 27.1. The molecule has 4 rings (SSSR count). The van der Waals surface area contributed by atoms with Crippen LogP contribution >= 0.6 is 0 Å². The highest BCUT2D eigenvalue weighted by Gasteiger charge is 2.51. The minimum atomic E-state index is -4.45. The molecule has 1 saturated carbocycles. The Morgan fingerprint density at radius 2 is 1.97 bits per heavy atom. The van der Waals surface area contributed by atoms with E-state index in [0.717, 1.165) is 25.1 Å². The van der Waals surface area contributed by atoms with E-state index < -0.39 is 23.4 Å². The topological polar surface area (TPSA) is 60.9 Å². The van der Waals surface area contributed by atoms with E-state index in [9.17, 15) is 18.0 Å². The third-order valence-corrected chi connectivity index (χ3v) is 5.33. The van der Waals surface area contributed by atoms with Crippen LogP contribution in [0.3, 0.4) is 0 Å². The summed E-state index contributed by atoms with van der Waals surface area (Å²) in [7, 11) is 1.59. The number of hydrogen-bond acceptors (Lipinski definition) is 5. The second-order valence-electron chi connectivity index (χ2n) is 8.59. The lowest BCUT2D eigenvalue weighted by Gasteiger charge is -2.53. The zero-order chi connectivity index (χ0) is 21.4. The Hall–Kier alpha value is -2.03. The van der Waals surface area contributed by atoms with Crippen LogP contribution in [0.5, 0.6) is 5.88 Å². The smallest absolute Gasteiger partial charge is 0.417 e. The Bertz CT molecular complexity index is 718. The van der Waals surface area contributed by atoms with Gasteiger partial charge in [-0.3, -0.25) is 4.90 Å². The van der Waals surface area contributed by atoms with Gasteiger partial charge in [-0.15, -0.1) is 0 Å². The molecule has 1 aromatic rings. The highest BCUT2D eigenvalue weighted by molar-refractivity contribution is 5.69. The van der Waals surface area contributed by atoms with Gasteiger partial charge in [0.05, 0.1) is 24.3 Å². The molecule has 0 aromatic carbocycles. The number of amides is 1. The first kappa shape index (κ1) is 21.7. The maximum Gasteiger partial charge on any atom is 0.417 e. The van der Waals surface area contributed by atoms with Crippen molar-refractivity contribution in [3.63, 3.8) is 0 Å². The van der Waals surface area contributed by atoms with Crippen LogP contribution in [0.15, 0.2) is 18.3 Å². The van der Waals surface area contributed by atoms with Crippen LogP contribution in [0.25, 0.3) is 0 Å². The molecule has 3 fully saturated rings. The zero-order valence-corrected chi connectivity index (χ0v) is 17.0. The van der Waals surface area contributed by atoms with E-state index in [2.05, 4.69) is 4.98 Å². The maximum absolute atomic E-state index is 12.9. The Kier molecular flexibility index (Phi) is 5.98. The van der Waals surface area contributed by atoms with E-state index in [1.807, 2.05) is 0 Å². The van der Waals surface area contributed by atoms with Crippen LogP contribution in [-0.4, -0.2) is 53.5 Å². The summed E-state index contributed by atoms with van der Waals surface area (Å²) in [6, 6.07) is 1.80. The number of nitrogens with zero attached hydrogens (tertiary/aromatic N) is 2. The molecule has 0 radical (unpaired) electrons. The molecule has 3 aliphatic rings. The molecule has 4 unspecified atom stereocenters. The first-order valence-corrected chi connectivity index (χ1v) is 9.70. The molecule has 2 saturated heterocycles. The van der Waals surface area contributed by atoms with Gasteiger partial charge in [-0.05, 0) is 52.0 Å². The molecular weight excluding hydrogens is 389 g/mol. The predicted molar refractivity (Wildman–Crippen MR) is 98.5 cm³/mol. The van der Waals surface area contributed by atoms with Gasteiger partial charge >= 0.3 is 12.3 Å². The number of methoxy groups -OCH3 is 1. The number of alkyl halides is 3. The van der Waals surface area contributed by atoms with Crippen LogP contribution in [0.2, 0.25) is 0 Å². The van der Waals surface area contributed by atoms with Crippen LogP contribution in [0.1, 0.15) is 45.6 Å². The third-order valence-electron chi connectivity index (χ3n) is 5.33. The lowest BCUT2D eigenvalue weighted by Crippen LogP contribution is -2.65. The van der Waals surface area contributed by atoms with Crippen molar-refractivity contribution in [2.75, 3.05) is 13.7 Å². The molecule has 3 heterocycles. The van der Waals surface area contributed by atoms with E-state index in [1.165, 1.54) is 6.07 Å². The van der Waals surface area contributed by atoms with Crippen molar-refractivity contribution in [3.8, 4) is 5.88 Å². The Labute approximate surface area is 168 Å². The molecule has 2 bridgehead atoms. The Balaban J connectivity index is 1.78. The van der Waals surface area contributed by atoms with Gasteiger partial charge in [0, 0.05) is 19.4 Å². The van der Waals surface area contributed by atoms with Gasteiger partial charge in [-0.2, -0.15) is 13.2 Å². The van der Waals surface area contributed by atoms with Gasteiger partial charge in [0.1, 0.15) is 11.7 Å². The van der Waals surface area contributed by atoms with E-state index in [4.69, 9.17) is 14.2 Å². The van der Waals surface area contributed by atoms with E-state index >= 15 is 0 Å². The SMILES string of the molecule is COCC1C2CCC(C(Oc3ccc(C(F)(F)F)cn3)C2)N1C(=O)OC(C)(C)C. The first-order valence-electron chi connectivity index (χ1n) is 9.70. The van der Waals surface area contributed by atoms with Crippen molar-refractivity contribution in [1.29, 1.82) is 0 Å². The number of fused-ring (bicyclic) bond motifs is 3. The first-order chi connectivity index (χ1) is 13.5. The monoisotopic (exact) mass is 416 g/mol. The summed E-state index contributed by atoms with van der Waals surface area (Å²) in [6.07, 6.45) is -2.14. The molecule has 162 valence electrons. The van der Waals surface area contributed by atoms with Gasteiger partial charge in [-0.1, -0.05) is 0 Å². The molecule has 0 N–H and O–H groups in total. The van der Waals surface area contributed by atoms with Gasteiger partial charge in [0.15, 0.2) is 0 Å². The quantitative estimate of drug-likeness (QED) is 0.733. The summed E-state index contributed by atoms with van der Waals surface area (Å²) in [5, 5.41) is 0. The summed E-state index contributed by atoms with van der Waals surface area (Å²) in [6.45, 7) is 5.81. The third kappa shape index (κ3) is 4.94. The summed E-state index contributed by atoms with van der Waals surface area (Å²) in [5.41, 5.74) is -1.47. The second kappa shape index (κ2) is 8.01. The number of ether oxygens (including phenoxy) is 3. The maximum atomic E-state index is 12.9. The van der Waals surface area contributed by atoms with Crippen molar-refractivity contribution < 1.29 is 32.2 Å². The number of hydrogen-bond donors (Lipinski definition) is 0. The van der Waals surface area contributed by atoms with Crippen LogP contribution in [-0.2, 0) is 15.7 Å². The molecule has 1 aromatic heterocycles. The number of piperidine rings is 2. The summed E-state index contributed by atoms with van der Waals surface area (Å²) >= 11 is 0. The minimum absolute atomic E-state index is 0.114. The molecule has 9 heteroatoms. The largest absolute Gasteiger partial charge is 0.472 e. The van der Waals surface area contributed by atoms with E-state index in [-0.39, 0.29) is 30.0 Å². The average Bonchev–Trinajstić information content (AvgIpc) is 2.61. The standard InChI is InChI=1S/C20H27F3N2O4/c1-19(2,3)29-18(26)25-14-7-5-12(15(25)11-27-4)9-16(14)28-17-8-6-13(10-24-17)20(21,22)23/h6,8,10,12,14-16H,5,7,9,11H2,1-4H3. The number of rotatable bonds is 4. The lowest BCUT2D eigenvalue weighted by molar-refractivity contribution is -0.137. The average molecular weight is 416 g/mol. The molecule has 1 amide bonds. The van der Waals surface area contributed by atoms with Crippen molar-refractivity contribution >= 4 is 6.09 Å². The van der Waals surface area contributed by atoms with Gasteiger partial charge in [-0.25, -0.2) is 9.78 Å². The lowest BCUT2D eigenvalue weighted by atomic mass is 9.73. The van der Waals surface area contributed by atoms with E-state index in [1.54, 1.807) is 32.8 Å². The van der Waals surface area contributed by atoms with Crippen molar-refractivity contribution in [3.05, 3.63) is 23.9 Å². The van der Waals surface area contributed by atoms with Crippen LogP contribution in [0.4, 0.5) is 18.0 Å². The number of halogens is 3. The number of aromatic nitrogens is 1. The summed E-state index contributed by atoms with van der Waals surface area (Å²) in [4.78, 5) is 18.4. The molecule has 6 nitrogen and oxygen atoms in total. The highest BCUT2D eigenvalue weighted by Crippen LogP contribution is 2.42. The van der Waals surface area contributed by atoms with Crippen molar-refractivity contribution in [2.45, 2.75) is 70.0 Å². The molecule has 2 aliphatic heterocycles. The predicted octanol–water partition coefficient (Wildman–Crippen LogP) is 4.28.